The lowest BCUT2D eigenvalue weighted by atomic mass is 10.3. The normalized spacial score (nSPS) is 17.7. The molecule has 1 fully saturated rings. The average Bonchev–Trinajstić information content (AvgIpc) is 3.18. The molecule has 3 aromatic rings. The Morgan fingerprint density at radius 2 is 2.00 bits per heavy atom. The highest BCUT2D eigenvalue weighted by Gasteiger charge is 2.22. The number of nitrogens with zero attached hydrogens (tertiary/aromatic N) is 4. The number of hydrogen-bond donors (Lipinski definition) is 1. The van der Waals surface area contributed by atoms with Gasteiger partial charge in [0, 0.05) is 12.3 Å². The van der Waals surface area contributed by atoms with Gasteiger partial charge in [0.2, 0.25) is 0 Å². The van der Waals surface area contributed by atoms with Gasteiger partial charge in [-0.15, -0.1) is 0 Å². The first kappa shape index (κ1) is 14.0. The SMILES string of the molecule is Fc1ccc(Nc2nc(F)nc3c2ncn3C2CCCO2)cc1. The summed E-state index contributed by atoms with van der Waals surface area (Å²) < 4.78 is 34.1. The van der Waals surface area contributed by atoms with Gasteiger partial charge in [-0.2, -0.15) is 14.4 Å². The van der Waals surface area contributed by atoms with Crippen molar-refractivity contribution in [1.29, 1.82) is 0 Å². The standard InChI is InChI=1S/C15H13F2N5O/c16-9-3-5-10(6-4-9)19-13-12-14(21-15(17)20-13)22(8-18-12)11-2-1-7-23-11/h3-6,8,11H,1-2,7H2,(H,19,20,21). The summed E-state index contributed by atoms with van der Waals surface area (Å²) in [6, 6.07) is 5.70. The highest BCUT2D eigenvalue weighted by molar-refractivity contribution is 5.85. The Bertz CT molecular complexity index is 843. The quantitative estimate of drug-likeness (QED) is 0.752. The number of rotatable bonds is 3. The summed E-state index contributed by atoms with van der Waals surface area (Å²) in [5, 5.41) is 2.94. The third kappa shape index (κ3) is 2.61. The molecule has 1 aliphatic rings. The first-order valence-electron chi connectivity index (χ1n) is 7.25. The number of nitrogens with one attached hydrogen (secondary N) is 1. The van der Waals surface area contributed by atoms with E-state index in [9.17, 15) is 8.78 Å². The summed E-state index contributed by atoms with van der Waals surface area (Å²) in [6.07, 6.45) is 2.30. The number of fused-ring (bicyclic) bond motifs is 1. The molecule has 1 atom stereocenters. The molecule has 23 heavy (non-hydrogen) atoms. The lowest BCUT2D eigenvalue weighted by Crippen LogP contribution is -2.08. The third-order valence-corrected chi connectivity index (χ3v) is 3.72. The minimum absolute atomic E-state index is 0.187. The Morgan fingerprint density at radius 3 is 2.74 bits per heavy atom. The predicted octanol–water partition coefficient (Wildman–Crippen LogP) is 3.16. The summed E-state index contributed by atoms with van der Waals surface area (Å²) in [6.45, 7) is 0.665. The largest absolute Gasteiger partial charge is 0.358 e. The van der Waals surface area contributed by atoms with E-state index in [1.54, 1.807) is 10.9 Å². The van der Waals surface area contributed by atoms with Crippen LogP contribution in [0.15, 0.2) is 30.6 Å². The van der Waals surface area contributed by atoms with Crippen LogP contribution in [0.3, 0.4) is 0 Å². The van der Waals surface area contributed by atoms with E-state index in [1.807, 2.05) is 0 Å². The molecule has 0 bridgehead atoms. The first-order valence-corrected chi connectivity index (χ1v) is 7.25. The van der Waals surface area contributed by atoms with E-state index in [0.29, 0.717) is 23.5 Å². The van der Waals surface area contributed by atoms with E-state index >= 15 is 0 Å². The topological polar surface area (TPSA) is 64.9 Å². The molecule has 3 heterocycles. The minimum atomic E-state index is -0.859. The van der Waals surface area contributed by atoms with E-state index in [2.05, 4.69) is 20.3 Å². The molecule has 0 aliphatic carbocycles. The fourth-order valence-electron chi connectivity index (χ4n) is 2.64. The number of benzene rings is 1. The molecule has 2 aromatic heterocycles. The summed E-state index contributed by atoms with van der Waals surface area (Å²) in [4.78, 5) is 11.9. The van der Waals surface area contributed by atoms with Crippen molar-refractivity contribution < 1.29 is 13.5 Å². The molecule has 4 rings (SSSR count). The minimum Gasteiger partial charge on any atom is -0.358 e. The van der Waals surface area contributed by atoms with Gasteiger partial charge in [0.1, 0.15) is 12.0 Å². The Morgan fingerprint density at radius 1 is 1.17 bits per heavy atom. The molecular formula is C15H13F2N5O. The van der Waals surface area contributed by atoms with Gasteiger partial charge in [-0.05, 0) is 37.1 Å². The van der Waals surface area contributed by atoms with Crippen molar-refractivity contribution in [2.24, 2.45) is 0 Å². The van der Waals surface area contributed by atoms with Gasteiger partial charge >= 0.3 is 6.08 Å². The Balaban J connectivity index is 1.75. The summed E-state index contributed by atoms with van der Waals surface area (Å²) in [5.74, 6) is -0.118. The van der Waals surface area contributed by atoms with Crippen LogP contribution in [0.4, 0.5) is 20.3 Å². The van der Waals surface area contributed by atoms with Gasteiger partial charge in [-0.3, -0.25) is 4.57 Å². The molecule has 0 saturated carbocycles. The Hall–Kier alpha value is -2.61. The summed E-state index contributed by atoms with van der Waals surface area (Å²) >= 11 is 0. The second-order valence-electron chi connectivity index (χ2n) is 5.26. The summed E-state index contributed by atoms with van der Waals surface area (Å²) in [7, 11) is 0. The van der Waals surface area contributed by atoms with Crippen LogP contribution in [0.1, 0.15) is 19.1 Å². The van der Waals surface area contributed by atoms with Gasteiger partial charge in [-0.25, -0.2) is 9.37 Å². The molecule has 0 amide bonds. The van der Waals surface area contributed by atoms with Crippen LogP contribution in [-0.4, -0.2) is 26.1 Å². The zero-order valence-electron chi connectivity index (χ0n) is 12.0. The van der Waals surface area contributed by atoms with E-state index in [1.165, 1.54) is 24.3 Å². The van der Waals surface area contributed by atoms with Crippen LogP contribution in [0, 0.1) is 11.9 Å². The van der Waals surface area contributed by atoms with Gasteiger partial charge in [0.25, 0.3) is 0 Å². The second kappa shape index (κ2) is 5.54. The molecule has 0 radical (unpaired) electrons. The molecule has 118 valence electrons. The van der Waals surface area contributed by atoms with Crippen molar-refractivity contribution >= 4 is 22.7 Å². The Kier molecular flexibility index (Phi) is 3.38. The van der Waals surface area contributed by atoms with Gasteiger partial charge in [0.15, 0.2) is 17.0 Å². The highest BCUT2D eigenvalue weighted by Crippen LogP contribution is 2.29. The number of aromatic nitrogens is 4. The number of halogens is 2. The van der Waals surface area contributed by atoms with Gasteiger partial charge in [-0.1, -0.05) is 0 Å². The molecule has 1 N–H and O–H groups in total. The lowest BCUT2D eigenvalue weighted by Gasteiger charge is -2.12. The molecule has 6 nitrogen and oxygen atoms in total. The zero-order valence-corrected chi connectivity index (χ0v) is 12.0. The van der Waals surface area contributed by atoms with Crippen LogP contribution >= 0.6 is 0 Å². The van der Waals surface area contributed by atoms with Crippen LogP contribution in [0.5, 0.6) is 0 Å². The van der Waals surface area contributed by atoms with Crippen LogP contribution < -0.4 is 5.32 Å². The third-order valence-electron chi connectivity index (χ3n) is 3.72. The van der Waals surface area contributed by atoms with Crippen LogP contribution in [0.25, 0.3) is 11.2 Å². The van der Waals surface area contributed by atoms with Crippen molar-refractivity contribution in [3.8, 4) is 0 Å². The van der Waals surface area contributed by atoms with E-state index < -0.39 is 6.08 Å². The molecule has 1 aromatic carbocycles. The van der Waals surface area contributed by atoms with Crippen LogP contribution in [0.2, 0.25) is 0 Å². The number of ether oxygens (including phenoxy) is 1. The molecule has 0 spiro atoms. The van der Waals surface area contributed by atoms with Gasteiger partial charge in [0.05, 0.1) is 6.33 Å². The van der Waals surface area contributed by atoms with Crippen molar-refractivity contribution in [1.82, 2.24) is 19.5 Å². The van der Waals surface area contributed by atoms with Crippen molar-refractivity contribution in [3.05, 3.63) is 42.5 Å². The number of anilines is 2. The van der Waals surface area contributed by atoms with Gasteiger partial charge < -0.3 is 10.1 Å². The van der Waals surface area contributed by atoms with Crippen LogP contribution in [-0.2, 0) is 4.74 Å². The fraction of sp³-hybridized carbons (Fsp3) is 0.267. The smallest absolute Gasteiger partial charge is 0.312 e. The number of hydrogen-bond acceptors (Lipinski definition) is 5. The van der Waals surface area contributed by atoms with E-state index in [4.69, 9.17) is 4.74 Å². The van der Waals surface area contributed by atoms with E-state index in [-0.39, 0.29) is 17.9 Å². The second-order valence-corrected chi connectivity index (χ2v) is 5.26. The Labute approximate surface area is 130 Å². The molecular weight excluding hydrogens is 304 g/mol. The van der Waals surface area contributed by atoms with Crippen molar-refractivity contribution in [2.45, 2.75) is 19.1 Å². The molecule has 1 aliphatic heterocycles. The lowest BCUT2D eigenvalue weighted by molar-refractivity contribution is 0.0592. The highest BCUT2D eigenvalue weighted by atomic mass is 19.1. The van der Waals surface area contributed by atoms with Crippen molar-refractivity contribution in [2.75, 3.05) is 11.9 Å². The van der Waals surface area contributed by atoms with E-state index in [0.717, 1.165) is 12.8 Å². The maximum absolute atomic E-state index is 13.8. The zero-order chi connectivity index (χ0) is 15.8. The molecule has 8 heteroatoms. The summed E-state index contributed by atoms with van der Waals surface area (Å²) in [5.41, 5.74) is 1.39. The maximum atomic E-state index is 13.8. The maximum Gasteiger partial charge on any atom is 0.312 e. The fourth-order valence-corrected chi connectivity index (χ4v) is 2.64. The predicted molar refractivity (Wildman–Crippen MR) is 79.2 cm³/mol. The monoisotopic (exact) mass is 317 g/mol. The number of imidazole rings is 1. The average molecular weight is 317 g/mol. The van der Waals surface area contributed by atoms with Crippen molar-refractivity contribution in [3.63, 3.8) is 0 Å². The molecule has 1 unspecified atom stereocenters. The molecule has 1 saturated heterocycles. The first-order chi connectivity index (χ1) is 11.2.